The molecule has 2 aliphatic rings. The molecule has 0 saturated carbocycles. The van der Waals surface area contributed by atoms with Crippen LogP contribution in [-0.4, -0.2) is 108 Å². The molecule has 0 radical (unpaired) electrons. The minimum Gasteiger partial charge on any atom is -0.759 e. The van der Waals surface area contributed by atoms with E-state index in [9.17, 15) is 19.5 Å². The number of carboxylic acids is 1. The molecule has 1 saturated heterocycles. The van der Waals surface area contributed by atoms with Gasteiger partial charge in [-0.3, -0.25) is 28.3 Å². The van der Waals surface area contributed by atoms with E-state index in [0.717, 1.165) is 16.4 Å². The number of amides is 2. The third-order valence-electron chi connectivity index (χ3n) is 6.38. The van der Waals surface area contributed by atoms with Crippen LogP contribution < -0.4 is 37.8 Å². The summed E-state index contributed by atoms with van der Waals surface area (Å²) in [6.07, 6.45) is 2.23. The van der Waals surface area contributed by atoms with E-state index in [1.54, 1.807) is 22.6 Å². The van der Waals surface area contributed by atoms with Crippen LogP contribution in [0.1, 0.15) is 13.7 Å². The fraction of sp³-hybridized carbons (Fsp3) is 0.429. The molecule has 2 aromatic rings. The SMILES string of the molecule is CON=C(C(=O)N[C@@H]1C(=O)N2C(C(=O)O)=C(C[n+]3cc(N(CCCN)C(=N)N)c(N)n3C)CS[C@H]12)c1nsc(N)n1.O=S(=O)([O-])[O-].[H+]. The number of thioether (sulfide) groups is 1. The van der Waals surface area contributed by atoms with Gasteiger partial charge in [-0.1, -0.05) is 5.16 Å². The third-order valence-corrected chi connectivity index (χ3v) is 8.26. The second kappa shape index (κ2) is 14.7. The zero-order valence-electron chi connectivity index (χ0n) is 25.1. The van der Waals surface area contributed by atoms with Crippen LogP contribution in [0.4, 0.5) is 16.6 Å². The summed E-state index contributed by atoms with van der Waals surface area (Å²) in [6.45, 7) is 0.859. The molecule has 252 valence electrons. The standard InChI is InChI=1S/C21H29N13O5S2.H2O4S/c1-31-14(23)10(33(20(24)25)5-3-4-22)7-32(31)6-9-8-40-18-12(17(36)34(18)13(9)19(37)38)27-16(35)11(29-39-2)15-28-21(26)41-30-15;1-5(2,3)4/h7,12,18,23H,3-6,8,22H2,1-2H3,(H7,24,25,26,27,28,30,35,37,38);(H2,1,2,3,4)/t12-,18-;/m1./s1. The Labute approximate surface area is 270 Å². The van der Waals surface area contributed by atoms with E-state index >= 15 is 0 Å². The predicted octanol–water partition coefficient (Wildman–Crippen LogP) is -4.06. The molecule has 2 aromatic heterocycles. The summed E-state index contributed by atoms with van der Waals surface area (Å²) in [5.41, 5.74) is 23.7. The molecule has 1 fully saturated rings. The van der Waals surface area contributed by atoms with E-state index in [0.29, 0.717) is 36.6 Å². The number of aromatic nitrogens is 4. The normalized spacial score (nSPS) is 17.8. The van der Waals surface area contributed by atoms with E-state index in [-0.39, 0.29) is 42.0 Å². The second-order valence-electron chi connectivity index (χ2n) is 9.31. The Hall–Kier alpha value is -4.56. The highest BCUT2D eigenvalue weighted by Crippen LogP contribution is 2.40. The lowest BCUT2D eigenvalue weighted by atomic mass is 10.0. The average Bonchev–Trinajstić information content (AvgIpc) is 3.51. The van der Waals surface area contributed by atoms with Gasteiger partial charge in [0, 0.05) is 39.8 Å². The molecule has 22 nitrogen and oxygen atoms in total. The van der Waals surface area contributed by atoms with Crippen LogP contribution in [0.2, 0.25) is 0 Å². The van der Waals surface area contributed by atoms with Crippen LogP contribution in [0.3, 0.4) is 0 Å². The first kappa shape index (κ1) is 35.9. The first-order chi connectivity index (χ1) is 21.5. The Morgan fingerprint density at radius 3 is 2.57 bits per heavy atom. The number of nitrogens with one attached hydrogen (secondary N) is 2. The number of fused-ring (bicyclic) bond motifs is 1. The quantitative estimate of drug-likeness (QED) is 0.0222. The van der Waals surface area contributed by atoms with Gasteiger partial charge in [0.2, 0.25) is 17.7 Å². The molecule has 46 heavy (non-hydrogen) atoms. The molecule has 11 N–H and O–H groups in total. The van der Waals surface area contributed by atoms with Gasteiger partial charge in [0.15, 0.2) is 29.1 Å². The zero-order valence-corrected chi connectivity index (χ0v) is 26.6. The lowest BCUT2D eigenvalue weighted by Gasteiger charge is -2.49. The van der Waals surface area contributed by atoms with Crippen molar-refractivity contribution in [3.63, 3.8) is 0 Å². The highest BCUT2D eigenvalue weighted by atomic mass is 32.3. The number of nitrogens with two attached hydrogens (primary N) is 4. The van der Waals surface area contributed by atoms with Gasteiger partial charge in [0.05, 0.1) is 7.05 Å². The van der Waals surface area contributed by atoms with Crippen molar-refractivity contribution < 1.29 is 48.0 Å². The molecule has 4 heterocycles. The van der Waals surface area contributed by atoms with Crippen LogP contribution in [0.5, 0.6) is 0 Å². The summed E-state index contributed by atoms with van der Waals surface area (Å²) < 4.78 is 41.3. The number of oxime groups is 1. The van der Waals surface area contributed by atoms with E-state index in [4.69, 9.17) is 50.7 Å². The number of carbonyl (C=O) groups is 3. The number of nitrogens with zero attached hydrogens (tertiary/aromatic N) is 7. The van der Waals surface area contributed by atoms with Crippen molar-refractivity contribution in [2.45, 2.75) is 24.4 Å². The van der Waals surface area contributed by atoms with Gasteiger partial charge in [-0.2, -0.15) is 9.36 Å². The Morgan fingerprint density at radius 1 is 1.39 bits per heavy atom. The van der Waals surface area contributed by atoms with Crippen LogP contribution in [0, 0.1) is 5.41 Å². The number of β-lactam (4-membered cyclic amide) rings is 1. The molecule has 25 heteroatoms. The summed E-state index contributed by atoms with van der Waals surface area (Å²) in [5.74, 6) is -2.38. The summed E-state index contributed by atoms with van der Waals surface area (Å²) in [6, 6.07) is -1.02. The largest absolute Gasteiger partial charge is 1.00 e. The molecule has 4 rings (SSSR count). The molecule has 2 aliphatic heterocycles. The number of carbonyl (C=O) groups excluding carboxylic acids is 2. The van der Waals surface area contributed by atoms with E-state index in [1.807, 2.05) is 0 Å². The second-order valence-corrected chi connectivity index (χ2v) is 12.0. The summed E-state index contributed by atoms with van der Waals surface area (Å²) in [4.78, 5) is 49.8. The topological polar surface area (TPSA) is 354 Å². The minimum atomic E-state index is -5.17. The fourth-order valence-electron chi connectivity index (χ4n) is 4.39. The van der Waals surface area contributed by atoms with Crippen molar-refractivity contribution in [1.29, 1.82) is 5.41 Å². The number of rotatable bonds is 11. The van der Waals surface area contributed by atoms with Gasteiger partial charge >= 0.3 is 7.40 Å². The van der Waals surface area contributed by atoms with E-state index < -0.39 is 39.6 Å². The summed E-state index contributed by atoms with van der Waals surface area (Å²) >= 11 is 2.16. The molecule has 0 bridgehead atoms. The Kier molecular flexibility index (Phi) is 11.5. The highest BCUT2D eigenvalue weighted by Gasteiger charge is 2.55. The van der Waals surface area contributed by atoms with E-state index in [2.05, 4.69) is 19.8 Å². The van der Waals surface area contributed by atoms with Crippen molar-refractivity contribution in [3.05, 3.63) is 23.3 Å². The number of guanidine groups is 1. The molecule has 0 aliphatic carbocycles. The maximum absolute atomic E-state index is 13.1. The van der Waals surface area contributed by atoms with Gasteiger partial charge in [-0.15, -0.1) is 21.1 Å². The van der Waals surface area contributed by atoms with Crippen LogP contribution in [0.25, 0.3) is 0 Å². The maximum Gasteiger partial charge on any atom is 1.00 e. The fourth-order valence-corrected chi connectivity index (χ4v) is 6.16. The van der Waals surface area contributed by atoms with Crippen molar-refractivity contribution in [3.8, 4) is 0 Å². The monoisotopic (exact) mass is 705 g/mol. The molecule has 2 atom stereocenters. The number of aliphatic carboxylic acids is 1. The molecule has 0 spiro atoms. The molecule has 2 amide bonds. The van der Waals surface area contributed by atoms with Gasteiger partial charge in [-0.05, 0) is 13.0 Å². The number of nitrogen functional groups attached to an aromatic ring is 2. The number of hydrogen-bond donors (Lipinski definition) is 7. The van der Waals surface area contributed by atoms with Gasteiger partial charge in [0.25, 0.3) is 11.8 Å². The maximum atomic E-state index is 13.1. The molecule has 0 aromatic carbocycles. The third kappa shape index (κ3) is 8.17. The summed E-state index contributed by atoms with van der Waals surface area (Å²) in [5, 5.41) is 23.7. The minimum absolute atomic E-state index is 0. The number of hydrogen-bond acceptors (Lipinski definition) is 17. The van der Waals surface area contributed by atoms with Crippen molar-refractivity contribution >= 4 is 79.8 Å². The first-order valence-corrected chi connectivity index (χ1v) is 15.9. The first-order valence-electron chi connectivity index (χ1n) is 12.7. The average molecular weight is 706 g/mol. The number of anilines is 3. The zero-order chi connectivity index (χ0) is 34.5. The Morgan fingerprint density at radius 2 is 2.04 bits per heavy atom. The van der Waals surface area contributed by atoms with Crippen LogP contribution in [0.15, 0.2) is 22.6 Å². The van der Waals surface area contributed by atoms with Gasteiger partial charge in [0.1, 0.15) is 24.2 Å². The molecular formula is C21H31N13O9S3. The molecular weight excluding hydrogens is 675 g/mol. The Balaban J connectivity index is 0.00000119. The van der Waals surface area contributed by atoms with Gasteiger partial charge in [-0.25, -0.2) is 4.79 Å². The highest BCUT2D eigenvalue weighted by molar-refractivity contribution is 8.00. The predicted molar refractivity (Wildman–Crippen MR) is 162 cm³/mol. The van der Waals surface area contributed by atoms with Crippen LogP contribution in [-0.2, 0) is 43.2 Å². The van der Waals surface area contributed by atoms with Crippen LogP contribution >= 0.6 is 23.3 Å². The summed E-state index contributed by atoms with van der Waals surface area (Å²) in [7, 11) is -2.25. The smallest absolute Gasteiger partial charge is 0.759 e. The number of carboxylic acid groups (broad SMARTS) is 1. The Bertz CT molecular complexity index is 1690. The lowest BCUT2D eigenvalue weighted by molar-refractivity contribution is -0.765. The van der Waals surface area contributed by atoms with Gasteiger partial charge < -0.3 is 52.2 Å². The van der Waals surface area contributed by atoms with Crippen molar-refractivity contribution in [2.75, 3.05) is 42.3 Å². The lowest BCUT2D eigenvalue weighted by Crippen LogP contribution is -2.71. The van der Waals surface area contributed by atoms with E-state index in [1.165, 1.54) is 23.8 Å². The van der Waals surface area contributed by atoms with Crippen molar-refractivity contribution in [2.24, 2.45) is 23.7 Å². The van der Waals surface area contributed by atoms with Crippen molar-refractivity contribution in [1.82, 2.24) is 24.3 Å². The molecule has 0 unspecified atom stereocenters.